The fraction of sp³-hybridized carbons (Fsp3) is 0.350. The molecule has 2 aromatic rings. The van der Waals surface area contributed by atoms with Crippen LogP contribution in [0.3, 0.4) is 0 Å². The fourth-order valence-electron chi connectivity index (χ4n) is 2.88. The topological polar surface area (TPSA) is 72.7 Å². The lowest BCUT2D eigenvalue weighted by Gasteiger charge is -2.10. The fourth-order valence-corrected chi connectivity index (χ4v) is 2.88. The summed E-state index contributed by atoms with van der Waals surface area (Å²) in [6.07, 6.45) is 3.58. The number of rotatable bonds is 6. The molecule has 1 aliphatic rings. The molecule has 136 valence electrons. The van der Waals surface area contributed by atoms with Gasteiger partial charge >= 0.3 is 5.97 Å². The summed E-state index contributed by atoms with van der Waals surface area (Å²) in [6, 6.07) is 9.32. The Morgan fingerprint density at radius 1 is 1.27 bits per heavy atom. The Balaban J connectivity index is 1.77. The van der Waals surface area contributed by atoms with Crippen LogP contribution in [0.4, 0.5) is 0 Å². The highest BCUT2D eigenvalue weighted by Crippen LogP contribution is 2.28. The number of amides is 1. The molecule has 1 aliphatic carbocycles. The van der Waals surface area contributed by atoms with E-state index in [0.29, 0.717) is 12.2 Å². The van der Waals surface area contributed by atoms with Gasteiger partial charge in [0.25, 0.3) is 0 Å². The highest BCUT2D eigenvalue weighted by molar-refractivity contribution is 5.89. The van der Waals surface area contributed by atoms with Gasteiger partial charge in [0.2, 0.25) is 5.91 Å². The Morgan fingerprint density at radius 3 is 2.58 bits per heavy atom. The first-order chi connectivity index (χ1) is 12.5. The first-order valence-electron chi connectivity index (χ1n) is 8.80. The Hall–Kier alpha value is -2.89. The van der Waals surface area contributed by atoms with Crippen LogP contribution in [-0.2, 0) is 9.53 Å². The smallest absolute Gasteiger partial charge is 0.338 e. The Labute approximate surface area is 152 Å². The number of carbonyl (C=O) groups is 2. The zero-order chi connectivity index (χ0) is 18.7. The molecule has 26 heavy (non-hydrogen) atoms. The van der Waals surface area contributed by atoms with E-state index in [4.69, 9.17) is 4.74 Å². The van der Waals surface area contributed by atoms with Crippen LogP contribution < -0.4 is 5.43 Å². The Kier molecular flexibility index (Phi) is 5.21. The predicted octanol–water partition coefficient (Wildman–Crippen LogP) is 3.13. The first-order valence-corrected chi connectivity index (χ1v) is 8.80. The van der Waals surface area contributed by atoms with Crippen molar-refractivity contribution < 1.29 is 14.3 Å². The SMILES string of the molecule is CCOC(=O)c1ccc(-n2c(C)cc(C=NNC(=O)C3CC3)c2C)cc1. The summed E-state index contributed by atoms with van der Waals surface area (Å²) in [4.78, 5) is 23.4. The van der Waals surface area contributed by atoms with Gasteiger partial charge in [-0.1, -0.05) is 0 Å². The standard InChI is InChI=1S/C20H23N3O3/c1-4-26-20(25)16-7-9-18(10-8-16)23-13(2)11-17(14(23)3)12-21-22-19(24)15-5-6-15/h7-12,15H,4-6H2,1-3H3,(H,22,24). The molecule has 1 aromatic carbocycles. The number of benzene rings is 1. The maximum Gasteiger partial charge on any atom is 0.338 e. The first kappa shape index (κ1) is 17.9. The lowest BCUT2D eigenvalue weighted by molar-refractivity contribution is -0.122. The molecule has 1 amide bonds. The van der Waals surface area contributed by atoms with Crippen LogP contribution in [0.5, 0.6) is 0 Å². The molecule has 0 unspecified atom stereocenters. The molecule has 0 aliphatic heterocycles. The molecule has 6 heteroatoms. The molecule has 0 saturated heterocycles. The van der Waals surface area contributed by atoms with Crippen molar-refractivity contribution in [3.63, 3.8) is 0 Å². The van der Waals surface area contributed by atoms with Crippen LogP contribution in [0.1, 0.15) is 47.1 Å². The second-order valence-electron chi connectivity index (χ2n) is 6.44. The minimum atomic E-state index is -0.320. The average Bonchev–Trinajstić information content (AvgIpc) is 3.43. The van der Waals surface area contributed by atoms with E-state index in [0.717, 1.165) is 35.5 Å². The number of esters is 1. The minimum absolute atomic E-state index is 0.00962. The van der Waals surface area contributed by atoms with Crippen LogP contribution in [0, 0.1) is 19.8 Å². The van der Waals surface area contributed by atoms with Crippen molar-refractivity contribution in [1.29, 1.82) is 0 Å². The molecule has 3 rings (SSSR count). The normalized spacial score (nSPS) is 13.8. The molecule has 0 bridgehead atoms. The highest BCUT2D eigenvalue weighted by atomic mass is 16.5. The van der Waals surface area contributed by atoms with Gasteiger partial charge in [-0.2, -0.15) is 5.10 Å². The average molecular weight is 353 g/mol. The molecular weight excluding hydrogens is 330 g/mol. The monoisotopic (exact) mass is 353 g/mol. The summed E-state index contributed by atoms with van der Waals surface area (Å²) in [7, 11) is 0. The largest absolute Gasteiger partial charge is 0.462 e. The number of nitrogens with zero attached hydrogens (tertiary/aromatic N) is 2. The molecular formula is C20H23N3O3. The van der Waals surface area contributed by atoms with E-state index in [9.17, 15) is 9.59 Å². The molecule has 1 aromatic heterocycles. The highest BCUT2D eigenvalue weighted by Gasteiger charge is 2.29. The van der Waals surface area contributed by atoms with E-state index >= 15 is 0 Å². The summed E-state index contributed by atoms with van der Waals surface area (Å²) in [6.45, 7) is 6.15. The molecule has 1 fully saturated rings. The van der Waals surface area contributed by atoms with Crippen molar-refractivity contribution in [3.8, 4) is 5.69 Å². The summed E-state index contributed by atoms with van der Waals surface area (Å²) < 4.78 is 7.09. The number of nitrogens with one attached hydrogen (secondary N) is 1. The van der Waals surface area contributed by atoms with Crippen molar-refractivity contribution in [1.82, 2.24) is 9.99 Å². The van der Waals surface area contributed by atoms with Gasteiger partial charge in [0.1, 0.15) is 0 Å². The molecule has 1 heterocycles. The van der Waals surface area contributed by atoms with E-state index in [1.54, 1.807) is 25.3 Å². The predicted molar refractivity (Wildman–Crippen MR) is 99.7 cm³/mol. The van der Waals surface area contributed by atoms with Crippen LogP contribution in [0.25, 0.3) is 5.69 Å². The van der Waals surface area contributed by atoms with Gasteiger partial charge < -0.3 is 9.30 Å². The molecule has 0 spiro atoms. The van der Waals surface area contributed by atoms with E-state index in [1.165, 1.54) is 0 Å². The van der Waals surface area contributed by atoms with Gasteiger partial charge in [-0.05, 0) is 63.9 Å². The zero-order valence-corrected chi connectivity index (χ0v) is 15.3. The second-order valence-corrected chi connectivity index (χ2v) is 6.44. The second kappa shape index (κ2) is 7.56. The number of hydrogen-bond acceptors (Lipinski definition) is 4. The van der Waals surface area contributed by atoms with E-state index in [1.807, 2.05) is 32.0 Å². The number of aryl methyl sites for hydroxylation is 1. The quantitative estimate of drug-likeness (QED) is 0.493. The number of carbonyl (C=O) groups excluding carboxylic acids is 2. The van der Waals surface area contributed by atoms with Crippen LogP contribution >= 0.6 is 0 Å². The minimum Gasteiger partial charge on any atom is -0.462 e. The van der Waals surface area contributed by atoms with E-state index < -0.39 is 0 Å². The Bertz CT molecular complexity index is 846. The van der Waals surface area contributed by atoms with Gasteiger partial charge in [-0.15, -0.1) is 0 Å². The summed E-state index contributed by atoms with van der Waals surface area (Å²) in [5, 5.41) is 4.07. The summed E-state index contributed by atoms with van der Waals surface area (Å²) in [5.74, 6) is -0.193. The van der Waals surface area contributed by atoms with Gasteiger partial charge in [0.15, 0.2) is 0 Å². The third-order valence-electron chi connectivity index (χ3n) is 4.43. The zero-order valence-electron chi connectivity index (χ0n) is 15.3. The van der Waals surface area contributed by atoms with Crippen LogP contribution in [0.15, 0.2) is 35.4 Å². The van der Waals surface area contributed by atoms with Crippen LogP contribution in [0.2, 0.25) is 0 Å². The summed E-state index contributed by atoms with van der Waals surface area (Å²) >= 11 is 0. The molecule has 6 nitrogen and oxygen atoms in total. The van der Waals surface area contributed by atoms with Crippen molar-refractivity contribution in [2.75, 3.05) is 6.61 Å². The maximum atomic E-state index is 11.8. The Morgan fingerprint density at radius 2 is 1.96 bits per heavy atom. The van der Waals surface area contributed by atoms with E-state index in [2.05, 4.69) is 15.1 Å². The van der Waals surface area contributed by atoms with Gasteiger partial charge in [-0.3, -0.25) is 4.79 Å². The number of aromatic nitrogens is 1. The number of ether oxygens (including phenoxy) is 1. The van der Waals surface area contributed by atoms with Crippen molar-refractivity contribution >= 4 is 18.1 Å². The summed E-state index contributed by atoms with van der Waals surface area (Å²) in [5.41, 5.74) is 7.07. The van der Waals surface area contributed by atoms with E-state index in [-0.39, 0.29) is 17.8 Å². The molecule has 0 atom stereocenters. The third-order valence-corrected chi connectivity index (χ3v) is 4.43. The molecule has 0 radical (unpaired) electrons. The molecule has 1 saturated carbocycles. The van der Waals surface area contributed by atoms with Gasteiger partial charge in [-0.25, -0.2) is 10.2 Å². The maximum absolute atomic E-state index is 11.8. The van der Waals surface area contributed by atoms with Crippen molar-refractivity contribution in [2.24, 2.45) is 11.0 Å². The van der Waals surface area contributed by atoms with Gasteiger partial charge in [0, 0.05) is 28.6 Å². The number of hydrogen-bond donors (Lipinski definition) is 1. The molecule has 1 N–H and O–H groups in total. The van der Waals surface area contributed by atoms with Crippen LogP contribution in [-0.4, -0.2) is 29.3 Å². The lowest BCUT2D eigenvalue weighted by Crippen LogP contribution is -2.19. The third kappa shape index (κ3) is 3.85. The lowest BCUT2D eigenvalue weighted by atomic mass is 10.2. The number of hydrazone groups is 1. The van der Waals surface area contributed by atoms with Crippen molar-refractivity contribution in [3.05, 3.63) is 52.8 Å². The van der Waals surface area contributed by atoms with Crippen molar-refractivity contribution in [2.45, 2.75) is 33.6 Å². The van der Waals surface area contributed by atoms with Gasteiger partial charge in [0.05, 0.1) is 18.4 Å².